The first-order valence-corrected chi connectivity index (χ1v) is 1.83. The summed E-state index contributed by atoms with van der Waals surface area (Å²) in [6.45, 7) is 0. The van der Waals surface area contributed by atoms with E-state index in [4.69, 9.17) is 11.8 Å². The van der Waals surface area contributed by atoms with E-state index in [2.05, 4.69) is 9.52 Å². The van der Waals surface area contributed by atoms with E-state index in [0.717, 1.165) is 6.39 Å². The van der Waals surface area contributed by atoms with E-state index in [1.165, 1.54) is 0 Å². The minimum absolute atomic E-state index is 0.583. The molecule has 0 aromatic carbocycles. The highest BCUT2D eigenvalue weighted by Crippen LogP contribution is 1.73. The van der Waals surface area contributed by atoms with E-state index in [1.807, 2.05) is 0 Å². The topological polar surface area (TPSA) is 48.0 Å². The van der Waals surface area contributed by atoms with Crippen molar-refractivity contribution in [3.63, 3.8) is 0 Å². The molecule has 0 N–H and O–H groups in total. The zero-order valence-electron chi connectivity index (χ0n) is 3.17. The highest BCUT2D eigenvalue weighted by Gasteiger charge is 1.89. The van der Waals surface area contributed by atoms with Crippen LogP contribution in [-0.2, 0) is 0 Å². The zero-order valence-corrected chi connectivity index (χ0v) is 3.92. The van der Waals surface area contributed by atoms with Crippen molar-refractivity contribution >= 4 is 11.8 Å². The van der Waals surface area contributed by atoms with Crippen LogP contribution in [0.2, 0.25) is 0 Å². The van der Waals surface area contributed by atoms with Crippen LogP contribution in [-0.4, -0.2) is 9.30 Å². The van der Waals surface area contributed by atoms with Crippen molar-refractivity contribution < 1.29 is 4.42 Å². The molecule has 1 aromatic rings. The molecule has 0 saturated carbocycles. The smallest absolute Gasteiger partial charge is 0.394 e. The van der Waals surface area contributed by atoms with Gasteiger partial charge in [-0.25, -0.2) is 4.79 Å². The molecule has 0 aliphatic rings. The first-order valence-electron chi connectivity index (χ1n) is 1.49. The van der Waals surface area contributed by atoms with Gasteiger partial charge in [-0.1, -0.05) is 4.20 Å². The number of halogens is 1. The van der Waals surface area contributed by atoms with Crippen LogP contribution in [0.3, 0.4) is 0 Å². The molecule has 0 aliphatic carbocycles. The third-order valence-electron chi connectivity index (χ3n) is 0.453. The summed E-state index contributed by atoms with van der Waals surface area (Å²) in [6, 6.07) is 0. The lowest BCUT2D eigenvalue weighted by Crippen LogP contribution is -2.04. The maximum Gasteiger partial charge on any atom is 0.452 e. The normalized spacial score (nSPS) is 9.29. The van der Waals surface area contributed by atoms with Crippen LogP contribution in [0.1, 0.15) is 0 Å². The van der Waals surface area contributed by atoms with E-state index < -0.39 is 5.76 Å². The van der Waals surface area contributed by atoms with Crippen molar-refractivity contribution in [1.82, 2.24) is 9.30 Å². The minimum atomic E-state index is -0.665. The van der Waals surface area contributed by atoms with Crippen LogP contribution in [0.15, 0.2) is 15.6 Å². The second kappa shape index (κ2) is 1.38. The summed E-state index contributed by atoms with van der Waals surface area (Å²) in [5.41, 5.74) is 0. The molecule has 7 heavy (non-hydrogen) atoms. The highest BCUT2D eigenvalue weighted by atomic mass is 35.5. The van der Waals surface area contributed by atoms with Crippen LogP contribution >= 0.6 is 11.8 Å². The maximum absolute atomic E-state index is 10.0. The summed E-state index contributed by atoms with van der Waals surface area (Å²) in [5.74, 6) is -0.665. The predicted octanol–water partition coefficient (Wildman–Crippen LogP) is -0.162. The Labute approximate surface area is 43.4 Å². The van der Waals surface area contributed by atoms with Gasteiger partial charge in [0.1, 0.15) is 0 Å². The third-order valence-corrected chi connectivity index (χ3v) is 0.678. The van der Waals surface area contributed by atoms with Gasteiger partial charge in [0.15, 0.2) is 0 Å². The Hall–Kier alpha value is -0.770. The van der Waals surface area contributed by atoms with Crippen molar-refractivity contribution in [1.29, 1.82) is 0 Å². The number of nitrogens with zero attached hydrogens (tertiary/aromatic N) is 2. The Morgan fingerprint density at radius 2 is 2.71 bits per heavy atom. The molecular formula is C2HClN2O2. The summed E-state index contributed by atoms with van der Waals surface area (Å²) in [7, 11) is 0. The van der Waals surface area contributed by atoms with Crippen molar-refractivity contribution in [3.05, 3.63) is 16.9 Å². The van der Waals surface area contributed by atoms with Crippen LogP contribution in [0.5, 0.6) is 0 Å². The highest BCUT2D eigenvalue weighted by molar-refractivity contribution is 6.14. The Balaban J connectivity index is 3.39. The van der Waals surface area contributed by atoms with Gasteiger partial charge in [0.25, 0.3) is 0 Å². The molecule has 1 aromatic heterocycles. The van der Waals surface area contributed by atoms with Gasteiger partial charge in [0.05, 0.1) is 0 Å². The predicted molar refractivity (Wildman–Crippen MR) is 22.0 cm³/mol. The average Bonchev–Trinajstić information content (AvgIpc) is 1.91. The summed E-state index contributed by atoms with van der Waals surface area (Å²) in [6.07, 6.45) is 0.968. The van der Waals surface area contributed by atoms with E-state index in [0.29, 0.717) is 4.20 Å². The minimum Gasteiger partial charge on any atom is -0.394 e. The van der Waals surface area contributed by atoms with Gasteiger partial charge in [-0.15, -0.1) is 5.10 Å². The third kappa shape index (κ3) is 0.640. The van der Waals surface area contributed by atoms with Crippen LogP contribution in [0.4, 0.5) is 0 Å². The van der Waals surface area contributed by atoms with Crippen molar-refractivity contribution in [2.24, 2.45) is 0 Å². The Morgan fingerprint density at radius 1 is 2.00 bits per heavy atom. The molecule has 0 amide bonds. The molecule has 0 atom stereocenters. The lowest BCUT2D eigenvalue weighted by molar-refractivity contribution is 0.509. The Morgan fingerprint density at radius 3 is 2.86 bits per heavy atom. The summed E-state index contributed by atoms with van der Waals surface area (Å²) < 4.78 is 4.71. The van der Waals surface area contributed by atoms with E-state index in [1.54, 1.807) is 0 Å². The van der Waals surface area contributed by atoms with Crippen LogP contribution in [0, 0.1) is 0 Å². The van der Waals surface area contributed by atoms with E-state index >= 15 is 0 Å². The summed E-state index contributed by atoms with van der Waals surface area (Å²) in [4.78, 5) is 10.0. The van der Waals surface area contributed by atoms with Gasteiger partial charge in [-0.2, -0.15) is 0 Å². The summed E-state index contributed by atoms with van der Waals surface area (Å²) >= 11 is 5.02. The second-order valence-corrected chi connectivity index (χ2v) is 1.18. The fraction of sp³-hybridized carbons (Fsp3) is 0. The monoisotopic (exact) mass is 120 g/mol. The summed E-state index contributed by atoms with van der Waals surface area (Å²) in [5, 5.41) is 3.22. The van der Waals surface area contributed by atoms with Gasteiger partial charge in [0.2, 0.25) is 6.39 Å². The van der Waals surface area contributed by atoms with Crippen molar-refractivity contribution in [3.8, 4) is 0 Å². The quantitative estimate of drug-likeness (QED) is 0.478. The molecular weight excluding hydrogens is 119 g/mol. The molecule has 0 aliphatic heterocycles. The average molecular weight is 120 g/mol. The Kier molecular flexibility index (Phi) is 0.867. The molecule has 0 fully saturated rings. The van der Waals surface area contributed by atoms with E-state index in [-0.39, 0.29) is 0 Å². The first-order chi connectivity index (χ1) is 3.30. The van der Waals surface area contributed by atoms with Crippen LogP contribution in [0.25, 0.3) is 0 Å². The van der Waals surface area contributed by atoms with E-state index in [9.17, 15) is 4.79 Å². The van der Waals surface area contributed by atoms with Crippen molar-refractivity contribution in [2.45, 2.75) is 0 Å². The number of rotatable bonds is 0. The first kappa shape index (κ1) is 4.39. The Bertz CT molecular complexity index is 201. The molecule has 4 nitrogen and oxygen atoms in total. The number of hydrogen-bond donors (Lipinski definition) is 0. The largest absolute Gasteiger partial charge is 0.452 e. The molecule has 1 rings (SSSR count). The number of hydrogen-bond acceptors (Lipinski definition) is 3. The molecule has 38 valence electrons. The van der Waals surface area contributed by atoms with Gasteiger partial charge in [0, 0.05) is 11.8 Å². The fourth-order valence-electron chi connectivity index (χ4n) is 0.201. The molecule has 0 bridgehead atoms. The van der Waals surface area contributed by atoms with Gasteiger partial charge < -0.3 is 4.42 Å². The van der Waals surface area contributed by atoms with Crippen molar-refractivity contribution in [2.75, 3.05) is 0 Å². The molecule has 0 saturated heterocycles. The van der Waals surface area contributed by atoms with Gasteiger partial charge >= 0.3 is 5.76 Å². The van der Waals surface area contributed by atoms with Gasteiger partial charge in [-0.3, -0.25) is 0 Å². The lowest BCUT2D eigenvalue weighted by atomic mass is 11.4. The molecule has 1 heterocycles. The second-order valence-electron chi connectivity index (χ2n) is 0.865. The molecule has 5 heteroatoms. The zero-order chi connectivity index (χ0) is 5.28. The molecule has 0 unspecified atom stereocenters. The maximum atomic E-state index is 10.0. The SMILES string of the molecule is O=c1ocnn1Cl. The molecule has 0 radical (unpaired) electrons. The van der Waals surface area contributed by atoms with Crippen LogP contribution < -0.4 is 5.76 Å². The number of aromatic nitrogens is 2. The molecule has 0 spiro atoms. The fourth-order valence-corrected chi connectivity index (χ4v) is 0.276. The lowest BCUT2D eigenvalue weighted by Gasteiger charge is -1.66. The van der Waals surface area contributed by atoms with Gasteiger partial charge in [-0.05, 0) is 0 Å². The standard InChI is InChI=1S/C2HClN2O2/c3-5-2(6)7-1-4-5/h1H.